The van der Waals surface area contributed by atoms with Crippen molar-refractivity contribution in [1.29, 1.82) is 0 Å². The number of amides is 1. The Bertz CT molecular complexity index is 238. The van der Waals surface area contributed by atoms with Crippen LogP contribution >= 0.6 is 0 Å². The Morgan fingerprint density at radius 1 is 1.28 bits per heavy atom. The summed E-state index contributed by atoms with van der Waals surface area (Å²) in [6, 6.07) is 0.388. The summed E-state index contributed by atoms with van der Waals surface area (Å²) in [6.07, 6.45) is 6.57. The van der Waals surface area contributed by atoms with Crippen LogP contribution in [0.5, 0.6) is 0 Å². The van der Waals surface area contributed by atoms with E-state index in [2.05, 4.69) is 24.5 Å². The van der Waals surface area contributed by atoms with Gasteiger partial charge in [-0.15, -0.1) is 0 Å². The summed E-state index contributed by atoms with van der Waals surface area (Å²) in [5, 5.41) is 15.7. The highest BCUT2D eigenvalue weighted by Gasteiger charge is 2.25. The number of carbonyl (C=O) groups excluding carboxylic acids is 1. The largest absolute Gasteiger partial charge is 0.396 e. The summed E-state index contributed by atoms with van der Waals surface area (Å²) in [4.78, 5) is 11.7. The fourth-order valence-corrected chi connectivity index (χ4v) is 2.57. The number of aliphatic hydroxyl groups is 1. The maximum atomic E-state index is 11.7. The molecule has 4 heteroatoms. The molecule has 0 unspecified atom stereocenters. The van der Waals surface area contributed by atoms with Gasteiger partial charge in [-0.1, -0.05) is 26.7 Å². The molecule has 1 fully saturated rings. The molecule has 0 aromatic carbocycles. The van der Waals surface area contributed by atoms with Crippen LogP contribution in [0, 0.1) is 5.41 Å². The second-order valence-electron chi connectivity index (χ2n) is 5.52. The maximum absolute atomic E-state index is 11.7. The molecular formula is C14H28N2O2. The summed E-state index contributed by atoms with van der Waals surface area (Å²) in [7, 11) is 0. The van der Waals surface area contributed by atoms with E-state index in [1.54, 1.807) is 0 Å². The molecule has 0 spiro atoms. The zero-order valence-corrected chi connectivity index (χ0v) is 11.8. The number of rotatable bonds is 8. The van der Waals surface area contributed by atoms with Crippen LogP contribution in [0.3, 0.4) is 0 Å². The molecule has 3 N–H and O–H groups in total. The van der Waals surface area contributed by atoms with Crippen molar-refractivity contribution < 1.29 is 9.90 Å². The smallest absolute Gasteiger partial charge is 0.234 e. The van der Waals surface area contributed by atoms with Crippen LogP contribution in [0.15, 0.2) is 0 Å². The predicted octanol–water partition coefficient (Wildman–Crippen LogP) is 1.43. The Labute approximate surface area is 111 Å². The van der Waals surface area contributed by atoms with Crippen LogP contribution in [0.25, 0.3) is 0 Å². The molecule has 18 heavy (non-hydrogen) atoms. The first kappa shape index (κ1) is 15.4. The molecule has 1 rings (SSSR count). The minimum Gasteiger partial charge on any atom is -0.396 e. The van der Waals surface area contributed by atoms with Gasteiger partial charge >= 0.3 is 0 Å². The van der Waals surface area contributed by atoms with Crippen LogP contribution in [0.4, 0.5) is 0 Å². The molecule has 0 heterocycles. The number of carbonyl (C=O) groups is 1. The van der Waals surface area contributed by atoms with Gasteiger partial charge in [0.2, 0.25) is 5.91 Å². The third-order valence-electron chi connectivity index (χ3n) is 4.34. The average Bonchev–Trinajstić information content (AvgIpc) is 2.88. The molecule has 1 saturated carbocycles. The van der Waals surface area contributed by atoms with E-state index in [0.717, 1.165) is 25.7 Å². The van der Waals surface area contributed by atoms with Gasteiger partial charge in [0.1, 0.15) is 0 Å². The minimum absolute atomic E-state index is 0.0758. The molecule has 0 radical (unpaired) electrons. The average molecular weight is 256 g/mol. The SMILES string of the molecule is CCC(CC)(CO)CNCC(=O)NC1CCCC1. The van der Waals surface area contributed by atoms with Gasteiger partial charge in [0.05, 0.1) is 6.54 Å². The van der Waals surface area contributed by atoms with Crippen molar-refractivity contribution in [2.75, 3.05) is 19.7 Å². The standard InChI is InChI=1S/C14H28N2O2/c1-3-14(4-2,11-17)10-15-9-13(18)16-12-7-5-6-8-12/h12,15,17H,3-11H2,1-2H3,(H,16,18). The van der Waals surface area contributed by atoms with E-state index in [9.17, 15) is 9.90 Å². The van der Waals surface area contributed by atoms with Crippen molar-refractivity contribution in [3.05, 3.63) is 0 Å². The van der Waals surface area contributed by atoms with Crippen molar-refractivity contribution in [2.24, 2.45) is 5.41 Å². The van der Waals surface area contributed by atoms with Gasteiger partial charge in [-0.25, -0.2) is 0 Å². The zero-order valence-electron chi connectivity index (χ0n) is 11.8. The maximum Gasteiger partial charge on any atom is 0.234 e. The minimum atomic E-state index is -0.0758. The molecule has 0 bridgehead atoms. The molecule has 1 amide bonds. The lowest BCUT2D eigenvalue weighted by Gasteiger charge is -2.29. The van der Waals surface area contributed by atoms with Crippen LogP contribution in [-0.2, 0) is 4.79 Å². The Kier molecular flexibility index (Phi) is 6.65. The Balaban J connectivity index is 2.21. The number of nitrogens with one attached hydrogen (secondary N) is 2. The van der Waals surface area contributed by atoms with Crippen molar-refractivity contribution in [3.63, 3.8) is 0 Å². The van der Waals surface area contributed by atoms with Crippen LogP contribution in [0.2, 0.25) is 0 Å². The highest BCUT2D eigenvalue weighted by molar-refractivity contribution is 5.78. The Hall–Kier alpha value is -0.610. The molecule has 0 aromatic rings. The topological polar surface area (TPSA) is 61.4 Å². The Morgan fingerprint density at radius 2 is 1.89 bits per heavy atom. The lowest BCUT2D eigenvalue weighted by atomic mass is 9.83. The molecule has 1 aliphatic carbocycles. The van der Waals surface area contributed by atoms with E-state index >= 15 is 0 Å². The summed E-state index contributed by atoms with van der Waals surface area (Å²) in [5.74, 6) is 0.0842. The van der Waals surface area contributed by atoms with Gasteiger partial charge in [0, 0.05) is 24.6 Å². The van der Waals surface area contributed by atoms with Gasteiger partial charge in [-0.2, -0.15) is 0 Å². The first-order valence-electron chi connectivity index (χ1n) is 7.26. The summed E-state index contributed by atoms with van der Waals surface area (Å²) >= 11 is 0. The molecule has 0 aromatic heterocycles. The highest BCUT2D eigenvalue weighted by Crippen LogP contribution is 2.24. The molecule has 0 atom stereocenters. The normalized spacial score (nSPS) is 17.1. The third kappa shape index (κ3) is 4.58. The molecule has 4 nitrogen and oxygen atoms in total. The lowest BCUT2D eigenvalue weighted by Crippen LogP contribution is -2.43. The van der Waals surface area contributed by atoms with Gasteiger partial charge in [-0.05, 0) is 25.7 Å². The summed E-state index contributed by atoms with van der Waals surface area (Å²) < 4.78 is 0. The zero-order chi connectivity index (χ0) is 13.4. The second kappa shape index (κ2) is 7.74. The van der Waals surface area contributed by atoms with Crippen molar-refractivity contribution in [2.45, 2.75) is 58.4 Å². The molecule has 0 aliphatic heterocycles. The summed E-state index contributed by atoms with van der Waals surface area (Å²) in [6.45, 7) is 5.41. The van der Waals surface area contributed by atoms with E-state index < -0.39 is 0 Å². The van der Waals surface area contributed by atoms with Gasteiger partial charge in [0.25, 0.3) is 0 Å². The Morgan fingerprint density at radius 3 is 2.39 bits per heavy atom. The lowest BCUT2D eigenvalue weighted by molar-refractivity contribution is -0.121. The van der Waals surface area contributed by atoms with Crippen LogP contribution in [-0.4, -0.2) is 36.8 Å². The van der Waals surface area contributed by atoms with E-state index in [1.165, 1.54) is 12.8 Å². The summed E-state index contributed by atoms with van der Waals surface area (Å²) in [5.41, 5.74) is -0.0758. The van der Waals surface area contributed by atoms with E-state index in [4.69, 9.17) is 0 Å². The van der Waals surface area contributed by atoms with Gasteiger partial charge < -0.3 is 15.7 Å². The third-order valence-corrected chi connectivity index (χ3v) is 4.34. The molecule has 106 valence electrons. The van der Waals surface area contributed by atoms with Crippen molar-refractivity contribution >= 4 is 5.91 Å². The second-order valence-corrected chi connectivity index (χ2v) is 5.52. The van der Waals surface area contributed by atoms with E-state index in [0.29, 0.717) is 19.1 Å². The van der Waals surface area contributed by atoms with Gasteiger partial charge in [0.15, 0.2) is 0 Å². The first-order chi connectivity index (χ1) is 8.65. The highest BCUT2D eigenvalue weighted by atomic mass is 16.3. The monoisotopic (exact) mass is 256 g/mol. The number of aliphatic hydroxyl groups excluding tert-OH is 1. The molecular weight excluding hydrogens is 228 g/mol. The molecule has 1 aliphatic rings. The van der Waals surface area contributed by atoms with Crippen LogP contribution in [0.1, 0.15) is 52.4 Å². The predicted molar refractivity (Wildman–Crippen MR) is 73.4 cm³/mol. The fraction of sp³-hybridized carbons (Fsp3) is 0.929. The van der Waals surface area contributed by atoms with Gasteiger partial charge in [-0.3, -0.25) is 4.79 Å². The number of hydrogen-bond acceptors (Lipinski definition) is 3. The first-order valence-corrected chi connectivity index (χ1v) is 7.26. The van der Waals surface area contributed by atoms with E-state index in [1.807, 2.05) is 0 Å². The molecule has 0 saturated heterocycles. The number of hydrogen-bond donors (Lipinski definition) is 3. The van der Waals surface area contributed by atoms with Crippen molar-refractivity contribution in [1.82, 2.24) is 10.6 Å². The fourth-order valence-electron chi connectivity index (χ4n) is 2.57. The van der Waals surface area contributed by atoms with Crippen molar-refractivity contribution in [3.8, 4) is 0 Å². The van der Waals surface area contributed by atoms with E-state index in [-0.39, 0.29) is 17.9 Å². The van der Waals surface area contributed by atoms with Crippen LogP contribution < -0.4 is 10.6 Å². The quantitative estimate of drug-likeness (QED) is 0.616.